The second kappa shape index (κ2) is 9.91. The first-order valence-electron chi connectivity index (χ1n) is 10.8. The van der Waals surface area contributed by atoms with Crippen LogP contribution < -0.4 is 14.9 Å². The van der Waals surface area contributed by atoms with Crippen LogP contribution in [0.2, 0.25) is 5.02 Å². The van der Waals surface area contributed by atoms with Gasteiger partial charge in [-0.3, -0.25) is 14.5 Å². The second-order valence-electron chi connectivity index (χ2n) is 8.50. The zero-order valence-electron chi connectivity index (χ0n) is 19.2. The molecule has 0 atom stereocenters. The average molecular weight is 559 g/mol. The predicted molar refractivity (Wildman–Crippen MR) is 137 cm³/mol. The van der Waals surface area contributed by atoms with Crippen LogP contribution in [-0.4, -0.2) is 44.6 Å². The molecule has 1 fully saturated rings. The molecule has 13 heteroatoms. The van der Waals surface area contributed by atoms with Crippen LogP contribution in [0.15, 0.2) is 36.5 Å². The number of anilines is 3. The minimum Gasteiger partial charge on any atom is -0.370 e. The second-order valence-corrected chi connectivity index (χ2v) is 11.9. The number of alkyl halides is 2. The molecule has 192 valence electrons. The number of nitrogens with one attached hydrogen (secondary N) is 2. The first kappa shape index (κ1) is 26.2. The summed E-state index contributed by atoms with van der Waals surface area (Å²) in [6.07, 6.45) is 1.85. The zero-order valence-corrected chi connectivity index (χ0v) is 21.6. The van der Waals surface area contributed by atoms with Gasteiger partial charge in [0.25, 0.3) is 11.8 Å². The zero-order chi connectivity index (χ0) is 26.3. The maximum absolute atomic E-state index is 15.0. The van der Waals surface area contributed by atoms with Gasteiger partial charge in [0, 0.05) is 53.1 Å². The van der Waals surface area contributed by atoms with Gasteiger partial charge in [-0.1, -0.05) is 11.6 Å². The number of rotatable bonds is 6. The Morgan fingerprint density at radius 3 is 2.44 bits per heavy atom. The topological polar surface area (TPSA) is 91.4 Å². The smallest absolute Gasteiger partial charge is 0.265 e. The predicted octanol–water partition coefficient (Wildman–Crippen LogP) is 5.77. The average Bonchev–Trinajstić information content (AvgIpc) is 3.13. The molecule has 1 saturated heterocycles. The van der Waals surface area contributed by atoms with Gasteiger partial charge < -0.3 is 10.2 Å². The molecule has 2 aromatic heterocycles. The van der Waals surface area contributed by atoms with Gasteiger partial charge in [0.05, 0.1) is 28.7 Å². The molecule has 1 aromatic carbocycles. The molecule has 0 aliphatic carbocycles. The molecule has 3 aromatic rings. The van der Waals surface area contributed by atoms with E-state index < -0.39 is 27.7 Å². The summed E-state index contributed by atoms with van der Waals surface area (Å²) >= 11 is 7.18. The summed E-state index contributed by atoms with van der Waals surface area (Å²) < 4.78 is 67.2. The highest BCUT2D eigenvalue weighted by molar-refractivity contribution is 7.92. The lowest BCUT2D eigenvalue weighted by Crippen LogP contribution is -2.39. The third kappa shape index (κ3) is 6.29. The third-order valence-electron chi connectivity index (χ3n) is 5.54. The largest absolute Gasteiger partial charge is 0.370 e. The number of hydrogen-bond donors (Lipinski definition) is 2. The number of carbonyl (C=O) groups excluding carboxylic acids is 1. The van der Waals surface area contributed by atoms with Gasteiger partial charge in [-0.05, 0) is 31.2 Å². The van der Waals surface area contributed by atoms with Crippen LogP contribution in [0.4, 0.5) is 30.2 Å². The molecule has 1 aliphatic heterocycles. The van der Waals surface area contributed by atoms with Crippen LogP contribution in [0.1, 0.15) is 27.4 Å². The molecule has 0 saturated carbocycles. The van der Waals surface area contributed by atoms with E-state index in [1.165, 1.54) is 36.5 Å². The van der Waals surface area contributed by atoms with Gasteiger partial charge in [0.2, 0.25) is 10.0 Å². The SMILES string of the molecule is Cc1sc(C(=O)Nc2cc(Cl)cc(NS(C)(=O)=O)c2)cc1-c1ncc(N2CCC(F)(F)CC2)cc1F. The van der Waals surface area contributed by atoms with E-state index in [-0.39, 0.29) is 52.9 Å². The van der Waals surface area contributed by atoms with E-state index in [4.69, 9.17) is 11.6 Å². The summed E-state index contributed by atoms with van der Waals surface area (Å²) in [6, 6.07) is 7.07. The van der Waals surface area contributed by atoms with Crippen molar-refractivity contribution < 1.29 is 26.4 Å². The lowest BCUT2D eigenvalue weighted by molar-refractivity contribution is -0.0220. The Morgan fingerprint density at radius 1 is 1.14 bits per heavy atom. The van der Waals surface area contributed by atoms with E-state index in [1.54, 1.807) is 11.8 Å². The molecule has 2 N–H and O–H groups in total. The van der Waals surface area contributed by atoms with Crippen molar-refractivity contribution in [3.8, 4) is 11.3 Å². The first-order chi connectivity index (χ1) is 16.8. The van der Waals surface area contributed by atoms with Crippen molar-refractivity contribution in [3.63, 3.8) is 0 Å². The Bertz CT molecular complexity index is 1420. The number of piperidine rings is 1. The van der Waals surface area contributed by atoms with Crippen molar-refractivity contribution in [2.24, 2.45) is 0 Å². The molecule has 1 aliphatic rings. The fourth-order valence-corrected chi connectivity index (χ4v) is 5.54. The van der Waals surface area contributed by atoms with Crippen LogP contribution in [-0.2, 0) is 10.0 Å². The molecule has 1 amide bonds. The molecule has 0 spiro atoms. The highest BCUT2D eigenvalue weighted by Crippen LogP contribution is 2.35. The number of benzene rings is 1. The third-order valence-corrected chi connectivity index (χ3v) is 7.42. The molecular formula is C23H22ClF3N4O3S2. The number of amides is 1. The number of aryl methyl sites for hydroxylation is 1. The molecule has 0 radical (unpaired) electrons. The highest BCUT2D eigenvalue weighted by atomic mass is 35.5. The Hall–Kier alpha value is -2.83. The number of sulfonamides is 1. The first-order valence-corrected chi connectivity index (χ1v) is 13.9. The van der Waals surface area contributed by atoms with Crippen molar-refractivity contribution in [2.45, 2.75) is 25.7 Å². The van der Waals surface area contributed by atoms with E-state index in [0.29, 0.717) is 16.1 Å². The van der Waals surface area contributed by atoms with E-state index in [9.17, 15) is 22.0 Å². The monoisotopic (exact) mass is 558 g/mol. The van der Waals surface area contributed by atoms with E-state index >= 15 is 4.39 Å². The van der Waals surface area contributed by atoms with Crippen LogP contribution in [0, 0.1) is 12.7 Å². The Labute approximate surface area is 215 Å². The van der Waals surface area contributed by atoms with Crippen LogP contribution >= 0.6 is 22.9 Å². The van der Waals surface area contributed by atoms with E-state index in [1.807, 2.05) is 0 Å². The number of thiophene rings is 1. The van der Waals surface area contributed by atoms with Crippen molar-refractivity contribution in [3.05, 3.63) is 57.1 Å². The lowest BCUT2D eigenvalue weighted by Gasteiger charge is -2.33. The summed E-state index contributed by atoms with van der Waals surface area (Å²) in [4.78, 5) is 19.7. The Balaban J connectivity index is 1.52. The fraction of sp³-hybridized carbons (Fsp3) is 0.304. The normalized spacial score (nSPS) is 15.6. The molecule has 0 bridgehead atoms. The summed E-state index contributed by atoms with van der Waals surface area (Å²) in [5.41, 5.74) is 1.37. The van der Waals surface area contributed by atoms with Gasteiger partial charge >= 0.3 is 0 Å². The number of aromatic nitrogens is 1. The van der Waals surface area contributed by atoms with Crippen LogP contribution in [0.5, 0.6) is 0 Å². The van der Waals surface area contributed by atoms with Crippen molar-refractivity contribution >= 4 is 55.9 Å². The maximum atomic E-state index is 15.0. The summed E-state index contributed by atoms with van der Waals surface area (Å²) in [6.45, 7) is 1.95. The van der Waals surface area contributed by atoms with Crippen molar-refractivity contribution in [1.29, 1.82) is 0 Å². The van der Waals surface area contributed by atoms with Crippen molar-refractivity contribution in [1.82, 2.24) is 4.98 Å². The van der Waals surface area contributed by atoms with Gasteiger partial charge in [0.1, 0.15) is 5.69 Å². The van der Waals surface area contributed by atoms with Gasteiger partial charge in [-0.2, -0.15) is 0 Å². The maximum Gasteiger partial charge on any atom is 0.265 e. The fourth-order valence-electron chi connectivity index (χ4n) is 3.85. The highest BCUT2D eigenvalue weighted by Gasteiger charge is 2.34. The minimum absolute atomic E-state index is 0.0521. The van der Waals surface area contributed by atoms with Gasteiger partial charge in [-0.15, -0.1) is 11.3 Å². The Morgan fingerprint density at radius 2 is 1.81 bits per heavy atom. The van der Waals surface area contributed by atoms with E-state index in [0.717, 1.165) is 17.6 Å². The number of nitrogens with zero attached hydrogens (tertiary/aromatic N) is 2. The van der Waals surface area contributed by atoms with Crippen LogP contribution in [0.25, 0.3) is 11.3 Å². The van der Waals surface area contributed by atoms with E-state index in [2.05, 4.69) is 15.0 Å². The molecule has 7 nitrogen and oxygen atoms in total. The molecule has 0 unspecified atom stereocenters. The molecular weight excluding hydrogens is 537 g/mol. The molecule has 36 heavy (non-hydrogen) atoms. The molecule has 4 rings (SSSR count). The number of pyridine rings is 1. The quantitative estimate of drug-likeness (QED) is 0.401. The van der Waals surface area contributed by atoms with Crippen LogP contribution in [0.3, 0.4) is 0 Å². The molecule has 3 heterocycles. The van der Waals surface area contributed by atoms with Crippen molar-refractivity contribution in [2.75, 3.05) is 34.3 Å². The standard InChI is InChI=1S/C23H22ClF3N4O3S2/c1-13-18(21-19(25)10-17(12-28-21)31-5-3-23(26,27)4-6-31)11-20(35-13)22(32)29-15-7-14(24)8-16(9-15)30-36(2,33)34/h7-12,30H,3-6H2,1-2H3,(H,29,32). The minimum atomic E-state index is -3.54. The Kier molecular flexibility index (Phi) is 7.22. The van der Waals surface area contributed by atoms with Gasteiger partial charge in [-0.25, -0.2) is 21.6 Å². The van der Waals surface area contributed by atoms with Gasteiger partial charge in [0.15, 0.2) is 5.82 Å². The summed E-state index contributed by atoms with van der Waals surface area (Å²) in [5, 5.41) is 2.87. The lowest BCUT2D eigenvalue weighted by atomic mass is 10.1. The number of halogens is 4. The summed E-state index contributed by atoms with van der Waals surface area (Å²) in [7, 11) is -3.54. The summed E-state index contributed by atoms with van der Waals surface area (Å²) in [5.74, 6) is -3.82. The number of carbonyl (C=O) groups is 1. The number of hydrogen-bond acceptors (Lipinski definition) is 6.